The van der Waals surface area contributed by atoms with Crippen molar-refractivity contribution >= 4 is 22.8 Å². The van der Waals surface area contributed by atoms with Crippen molar-refractivity contribution in [3.63, 3.8) is 0 Å². The molecule has 1 aromatic heterocycles. The van der Waals surface area contributed by atoms with Crippen molar-refractivity contribution in [3.05, 3.63) is 65.4 Å². The fourth-order valence-electron chi connectivity index (χ4n) is 3.61. The van der Waals surface area contributed by atoms with E-state index < -0.39 is 18.0 Å². The maximum absolute atomic E-state index is 12.4. The Labute approximate surface area is 204 Å². The van der Waals surface area contributed by atoms with Crippen LogP contribution < -0.4 is 9.47 Å². The number of pyridine rings is 1. The molecule has 0 fully saturated rings. The average Bonchev–Trinajstić information content (AvgIpc) is 2.83. The third-order valence-electron chi connectivity index (χ3n) is 5.15. The van der Waals surface area contributed by atoms with Crippen molar-refractivity contribution < 1.29 is 33.6 Å². The molecule has 0 bridgehead atoms. The molecular formula is C27H31NO7. The second-order valence-corrected chi connectivity index (χ2v) is 8.12. The minimum absolute atomic E-state index is 0.0996. The van der Waals surface area contributed by atoms with Gasteiger partial charge in [-0.1, -0.05) is 18.2 Å². The lowest BCUT2D eigenvalue weighted by atomic mass is 10.1. The number of benzene rings is 2. The molecule has 35 heavy (non-hydrogen) atoms. The number of hydrogen-bond donors (Lipinski definition) is 1. The lowest BCUT2D eigenvalue weighted by Crippen LogP contribution is -2.26. The third kappa shape index (κ3) is 6.70. The summed E-state index contributed by atoms with van der Waals surface area (Å²) in [7, 11) is 0. The molecular weight excluding hydrogens is 450 g/mol. The van der Waals surface area contributed by atoms with Crippen molar-refractivity contribution in [2.75, 3.05) is 13.2 Å². The summed E-state index contributed by atoms with van der Waals surface area (Å²) in [5.41, 5.74) is 2.46. The van der Waals surface area contributed by atoms with Crippen molar-refractivity contribution in [2.24, 2.45) is 0 Å². The number of carboxylic acids is 1. The second-order valence-electron chi connectivity index (χ2n) is 8.12. The largest absolute Gasteiger partial charge is 0.490 e. The molecule has 0 aliphatic rings. The van der Waals surface area contributed by atoms with Gasteiger partial charge in [0.2, 0.25) is 0 Å². The van der Waals surface area contributed by atoms with E-state index in [1.807, 2.05) is 32.0 Å². The van der Waals surface area contributed by atoms with E-state index in [9.17, 15) is 14.7 Å². The number of fused-ring (bicyclic) bond motifs is 1. The average molecular weight is 482 g/mol. The van der Waals surface area contributed by atoms with E-state index >= 15 is 0 Å². The quantitative estimate of drug-likeness (QED) is 0.368. The minimum atomic E-state index is -0.986. The van der Waals surface area contributed by atoms with Gasteiger partial charge in [-0.3, -0.25) is 4.98 Å². The first kappa shape index (κ1) is 26.0. The number of esters is 1. The first-order valence-corrected chi connectivity index (χ1v) is 11.6. The maximum atomic E-state index is 12.4. The molecule has 0 saturated heterocycles. The van der Waals surface area contributed by atoms with Crippen molar-refractivity contribution in [1.82, 2.24) is 4.98 Å². The van der Waals surface area contributed by atoms with Crippen LogP contribution in [0.25, 0.3) is 10.9 Å². The van der Waals surface area contributed by atoms with E-state index in [0.717, 1.165) is 11.1 Å². The van der Waals surface area contributed by atoms with Crippen molar-refractivity contribution in [1.29, 1.82) is 0 Å². The molecule has 0 aliphatic carbocycles. The number of aliphatic carboxylic acids is 1. The molecule has 0 aliphatic heterocycles. The first-order valence-electron chi connectivity index (χ1n) is 11.6. The molecule has 3 aromatic rings. The summed E-state index contributed by atoms with van der Waals surface area (Å²) in [5.74, 6) is -0.193. The SMILES string of the molecule is CCOC(=O)c1cccc2c(OC(C)C)c(COc3ccc(CC(OCC)C(=O)O)cc3)cnc12. The van der Waals surface area contributed by atoms with E-state index in [4.69, 9.17) is 18.9 Å². The summed E-state index contributed by atoms with van der Waals surface area (Å²) in [6.07, 6.45) is 0.937. The van der Waals surface area contributed by atoms with Gasteiger partial charge in [-0.2, -0.15) is 0 Å². The van der Waals surface area contributed by atoms with Crippen LogP contribution in [0.15, 0.2) is 48.7 Å². The van der Waals surface area contributed by atoms with Crippen molar-refractivity contribution in [3.8, 4) is 11.5 Å². The van der Waals surface area contributed by atoms with Crippen LogP contribution in [0.2, 0.25) is 0 Å². The monoisotopic (exact) mass is 481 g/mol. The molecule has 0 spiro atoms. The highest BCUT2D eigenvalue weighted by atomic mass is 16.5. The van der Waals surface area contributed by atoms with E-state index in [0.29, 0.717) is 34.6 Å². The summed E-state index contributed by atoms with van der Waals surface area (Å²) >= 11 is 0. The Kier molecular flexibility index (Phi) is 9.03. The van der Waals surface area contributed by atoms with Crippen LogP contribution in [-0.2, 0) is 27.3 Å². The normalized spacial score (nSPS) is 11.9. The topological polar surface area (TPSA) is 104 Å². The molecule has 1 heterocycles. The Balaban J connectivity index is 1.82. The van der Waals surface area contributed by atoms with Crippen LogP contribution >= 0.6 is 0 Å². The van der Waals surface area contributed by atoms with Crippen LogP contribution in [0.5, 0.6) is 11.5 Å². The number of hydrogen-bond acceptors (Lipinski definition) is 7. The number of carboxylic acid groups (broad SMARTS) is 1. The van der Waals surface area contributed by atoms with E-state index in [-0.39, 0.29) is 25.7 Å². The number of ether oxygens (including phenoxy) is 4. The highest BCUT2D eigenvalue weighted by molar-refractivity contribution is 6.04. The number of carbonyl (C=O) groups excluding carboxylic acids is 1. The van der Waals surface area contributed by atoms with Gasteiger partial charge in [-0.05, 0) is 57.5 Å². The van der Waals surface area contributed by atoms with Gasteiger partial charge in [-0.15, -0.1) is 0 Å². The predicted molar refractivity (Wildman–Crippen MR) is 131 cm³/mol. The molecule has 8 nitrogen and oxygen atoms in total. The van der Waals surface area contributed by atoms with Gasteiger partial charge in [-0.25, -0.2) is 9.59 Å². The molecule has 1 atom stereocenters. The Morgan fingerprint density at radius 3 is 2.40 bits per heavy atom. The van der Waals surface area contributed by atoms with Gasteiger partial charge in [0.25, 0.3) is 0 Å². The lowest BCUT2D eigenvalue weighted by Gasteiger charge is -2.18. The molecule has 2 aromatic carbocycles. The number of aromatic nitrogens is 1. The van der Waals surface area contributed by atoms with E-state index in [1.54, 1.807) is 44.3 Å². The summed E-state index contributed by atoms with van der Waals surface area (Å²) < 4.78 is 22.5. The Bertz CT molecular complexity index is 1160. The Morgan fingerprint density at radius 1 is 1.03 bits per heavy atom. The summed E-state index contributed by atoms with van der Waals surface area (Å²) in [6, 6.07) is 12.5. The van der Waals surface area contributed by atoms with Gasteiger partial charge in [0.1, 0.15) is 18.1 Å². The molecule has 3 rings (SSSR count). The number of para-hydroxylation sites is 1. The first-order chi connectivity index (χ1) is 16.8. The predicted octanol–water partition coefficient (Wildman–Crippen LogP) is 4.81. The van der Waals surface area contributed by atoms with Crippen LogP contribution in [0, 0.1) is 0 Å². The second kappa shape index (κ2) is 12.2. The van der Waals surface area contributed by atoms with Gasteiger partial charge < -0.3 is 24.1 Å². The Morgan fingerprint density at radius 2 is 1.77 bits per heavy atom. The summed E-state index contributed by atoms with van der Waals surface area (Å²) in [4.78, 5) is 28.2. The van der Waals surface area contributed by atoms with Gasteiger partial charge in [0.15, 0.2) is 6.10 Å². The zero-order valence-electron chi connectivity index (χ0n) is 20.4. The molecule has 186 valence electrons. The van der Waals surface area contributed by atoms with E-state index in [1.165, 1.54) is 0 Å². The highest BCUT2D eigenvalue weighted by Gasteiger charge is 2.19. The summed E-state index contributed by atoms with van der Waals surface area (Å²) in [5, 5.41) is 9.98. The zero-order valence-corrected chi connectivity index (χ0v) is 20.4. The molecule has 8 heteroatoms. The molecule has 1 N–H and O–H groups in total. The van der Waals surface area contributed by atoms with Crippen LogP contribution in [0.1, 0.15) is 49.2 Å². The summed E-state index contributed by atoms with van der Waals surface area (Å²) in [6.45, 7) is 8.19. The maximum Gasteiger partial charge on any atom is 0.340 e. The van der Waals surface area contributed by atoms with Gasteiger partial charge >= 0.3 is 11.9 Å². The Hall–Kier alpha value is -3.65. The molecule has 0 saturated carbocycles. The van der Waals surface area contributed by atoms with Crippen LogP contribution in [-0.4, -0.2) is 47.5 Å². The third-order valence-corrected chi connectivity index (χ3v) is 5.15. The van der Waals surface area contributed by atoms with Crippen molar-refractivity contribution in [2.45, 2.75) is 52.9 Å². The number of carbonyl (C=O) groups is 2. The molecule has 0 amide bonds. The lowest BCUT2D eigenvalue weighted by molar-refractivity contribution is -0.149. The van der Waals surface area contributed by atoms with Gasteiger partial charge in [0.05, 0.1) is 29.4 Å². The smallest absolute Gasteiger partial charge is 0.340 e. The number of rotatable bonds is 12. The zero-order chi connectivity index (χ0) is 25.4. The fourth-order valence-corrected chi connectivity index (χ4v) is 3.61. The van der Waals surface area contributed by atoms with Crippen LogP contribution in [0.4, 0.5) is 0 Å². The molecule has 1 unspecified atom stereocenters. The van der Waals surface area contributed by atoms with Gasteiger partial charge in [0, 0.05) is 24.6 Å². The number of nitrogens with zero attached hydrogens (tertiary/aromatic N) is 1. The molecule has 0 radical (unpaired) electrons. The standard InChI is InChI=1S/C27H31NO7/c1-5-32-23(26(29)30)14-18-10-12-20(13-11-18)34-16-19-15-28-24-21(25(19)35-17(3)4)8-7-9-22(24)27(31)33-6-2/h7-13,15,17,23H,5-6,14,16H2,1-4H3,(H,29,30). The minimum Gasteiger partial charge on any atom is -0.490 e. The highest BCUT2D eigenvalue weighted by Crippen LogP contribution is 2.32. The fraction of sp³-hybridized carbons (Fsp3) is 0.370. The van der Waals surface area contributed by atoms with E-state index in [2.05, 4.69) is 4.98 Å². The van der Waals surface area contributed by atoms with Crippen LogP contribution in [0.3, 0.4) is 0 Å².